The smallest absolute Gasteiger partial charge is 0.201 e. The van der Waals surface area contributed by atoms with E-state index in [-0.39, 0.29) is 5.78 Å². The van der Waals surface area contributed by atoms with E-state index in [1.54, 1.807) is 19.1 Å². The lowest BCUT2D eigenvalue weighted by Gasteiger charge is -2.10. The maximum Gasteiger partial charge on any atom is 0.201 e. The van der Waals surface area contributed by atoms with Crippen molar-refractivity contribution in [1.29, 1.82) is 0 Å². The second-order valence-corrected chi connectivity index (χ2v) is 5.31. The Hall–Kier alpha value is -0.420. The number of thiophene rings is 1. The summed E-state index contributed by atoms with van der Waals surface area (Å²) in [4.78, 5) is 12.5. The minimum absolute atomic E-state index is 0.0302. The second kappa shape index (κ2) is 7.82. The van der Waals surface area contributed by atoms with E-state index in [1.165, 1.54) is 11.3 Å². The molecule has 0 saturated carbocycles. The molecule has 1 atom stereocenters. The molecule has 0 N–H and O–H groups in total. The maximum absolute atomic E-state index is 11.9. The molecule has 1 heterocycles. The van der Waals surface area contributed by atoms with Crippen molar-refractivity contribution in [2.75, 3.05) is 19.8 Å². The molecule has 0 radical (unpaired) electrons. The third-order valence-electron chi connectivity index (χ3n) is 2.13. The fourth-order valence-corrected chi connectivity index (χ4v) is 2.31. The summed E-state index contributed by atoms with van der Waals surface area (Å²) in [6.07, 6.45) is 0.539. The third-order valence-corrected chi connectivity index (χ3v) is 3.37. The molecule has 1 aromatic heterocycles. The van der Waals surface area contributed by atoms with Gasteiger partial charge in [-0.1, -0.05) is 18.5 Å². The van der Waals surface area contributed by atoms with Crippen molar-refractivity contribution in [3.05, 3.63) is 21.3 Å². The van der Waals surface area contributed by atoms with Gasteiger partial charge in [-0.2, -0.15) is 0 Å². The van der Waals surface area contributed by atoms with Gasteiger partial charge in [0.2, 0.25) is 5.78 Å². The molecule has 0 aliphatic carbocycles. The molecular formula is C12H17ClO3S. The first kappa shape index (κ1) is 14.6. The van der Waals surface area contributed by atoms with E-state index >= 15 is 0 Å². The zero-order valence-electron chi connectivity index (χ0n) is 10.1. The highest BCUT2D eigenvalue weighted by atomic mass is 35.5. The Bertz CT molecular complexity index is 351. The topological polar surface area (TPSA) is 35.5 Å². The number of Topliss-reactive ketones (excluding diaryl/α,β-unsaturated/α-hetero) is 1. The molecule has 5 heteroatoms. The monoisotopic (exact) mass is 276 g/mol. The van der Waals surface area contributed by atoms with Crippen molar-refractivity contribution in [2.24, 2.45) is 0 Å². The normalized spacial score (nSPS) is 12.6. The Labute approximate surface area is 111 Å². The van der Waals surface area contributed by atoms with Crippen LogP contribution in [0.5, 0.6) is 0 Å². The predicted molar refractivity (Wildman–Crippen MR) is 70.2 cm³/mol. The molecule has 96 valence electrons. The van der Waals surface area contributed by atoms with Crippen LogP contribution in [0.15, 0.2) is 12.1 Å². The Morgan fingerprint density at radius 2 is 2.18 bits per heavy atom. The lowest BCUT2D eigenvalue weighted by Crippen LogP contribution is -2.22. The first-order chi connectivity index (χ1) is 8.15. The predicted octanol–water partition coefficient (Wildman–Crippen LogP) is 3.42. The van der Waals surface area contributed by atoms with Gasteiger partial charge < -0.3 is 9.47 Å². The van der Waals surface area contributed by atoms with E-state index in [9.17, 15) is 4.79 Å². The number of rotatable bonds is 8. The molecule has 3 nitrogen and oxygen atoms in total. The average Bonchev–Trinajstić information content (AvgIpc) is 2.74. The van der Waals surface area contributed by atoms with Gasteiger partial charge in [-0.05, 0) is 25.5 Å². The summed E-state index contributed by atoms with van der Waals surface area (Å²) in [5.74, 6) is -0.0302. The van der Waals surface area contributed by atoms with E-state index in [0.717, 1.165) is 13.0 Å². The lowest BCUT2D eigenvalue weighted by atomic mass is 10.2. The van der Waals surface area contributed by atoms with Gasteiger partial charge in [-0.3, -0.25) is 4.79 Å². The van der Waals surface area contributed by atoms with Crippen molar-refractivity contribution in [2.45, 2.75) is 26.4 Å². The highest BCUT2D eigenvalue weighted by Crippen LogP contribution is 2.23. The van der Waals surface area contributed by atoms with E-state index in [2.05, 4.69) is 0 Å². The molecule has 1 aromatic rings. The number of ether oxygens (including phenoxy) is 2. The molecule has 0 saturated heterocycles. The fourth-order valence-electron chi connectivity index (χ4n) is 1.25. The SMILES string of the molecule is CCCOCCOC(C)C(=O)c1ccc(Cl)s1. The van der Waals surface area contributed by atoms with Crippen molar-refractivity contribution < 1.29 is 14.3 Å². The zero-order chi connectivity index (χ0) is 12.7. The fraction of sp³-hybridized carbons (Fsp3) is 0.583. The summed E-state index contributed by atoms with van der Waals surface area (Å²) >= 11 is 7.05. The van der Waals surface area contributed by atoms with Crippen LogP contribution in [-0.4, -0.2) is 31.7 Å². The molecule has 0 aliphatic rings. The van der Waals surface area contributed by atoms with Gasteiger partial charge in [0.1, 0.15) is 6.10 Å². The number of carbonyl (C=O) groups excluding carboxylic acids is 1. The lowest BCUT2D eigenvalue weighted by molar-refractivity contribution is 0.0152. The van der Waals surface area contributed by atoms with Gasteiger partial charge in [0.15, 0.2) is 0 Å². The minimum atomic E-state index is -0.449. The third kappa shape index (κ3) is 5.17. The molecule has 1 rings (SSSR count). The van der Waals surface area contributed by atoms with Crippen LogP contribution >= 0.6 is 22.9 Å². The van der Waals surface area contributed by atoms with Gasteiger partial charge in [-0.25, -0.2) is 0 Å². The van der Waals surface area contributed by atoms with E-state index in [4.69, 9.17) is 21.1 Å². The Morgan fingerprint density at radius 3 is 2.76 bits per heavy atom. The van der Waals surface area contributed by atoms with Gasteiger partial charge in [0, 0.05) is 6.61 Å². The Morgan fingerprint density at radius 1 is 1.41 bits per heavy atom. The van der Waals surface area contributed by atoms with Crippen LogP contribution in [0.1, 0.15) is 29.9 Å². The molecule has 17 heavy (non-hydrogen) atoms. The van der Waals surface area contributed by atoms with Crippen LogP contribution in [0, 0.1) is 0 Å². The van der Waals surface area contributed by atoms with Crippen LogP contribution < -0.4 is 0 Å². The Balaban J connectivity index is 2.27. The summed E-state index contributed by atoms with van der Waals surface area (Å²) in [5.41, 5.74) is 0. The number of ketones is 1. The van der Waals surface area contributed by atoms with Gasteiger partial charge >= 0.3 is 0 Å². The molecule has 1 unspecified atom stereocenters. The highest BCUT2D eigenvalue weighted by Gasteiger charge is 2.17. The van der Waals surface area contributed by atoms with E-state index < -0.39 is 6.10 Å². The number of carbonyl (C=O) groups is 1. The average molecular weight is 277 g/mol. The summed E-state index contributed by atoms with van der Waals surface area (Å²) in [7, 11) is 0. The minimum Gasteiger partial charge on any atom is -0.379 e. The largest absolute Gasteiger partial charge is 0.379 e. The van der Waals surface area contributed by atoms with Crippen molar-refractivity contribution >= 4 is 28.7 Å². The van der Waals surface area contributed by atoms with Crippen molar-refractivity contribution in [3.63, 3.8) is 0 Å². The van der Waals surface area contributed by atoms with Crippen LogP contribution in [-0.2, 0) is 9.47 Å². The molecule has 0 spiro atoms. The number of hydrogen-bond acceptors (Lipinski definition) is 4. The quantitative estimate of drug-likeness (QED) is 0.539. The van der Waals surface area contributed by atoms with Crippen LogP contribution in [0.4, 0.5) is 0 Å². The first-order valence-electron chi connectivity index (χ1n) is 5.64. The van der Waals surface area contributed by atoms with Gasteiger partial charge in [0.05, 0.1) is 22.4 Å². The van der Waals surface area contributed by atoms with Crippen LogP contribution in [0.25, 0.3) is 0 Å². The standard InChI is InChI=1S/C12H17ClO3S/c1-3-6-15-7-8-16-9(2)12(14)10-4-5-11(13)17-10/h4-5,9H,3,6-8H2,1-2H3. The summed E-state index contributed by atoms with van der Waals surface area (Å²) in [6.45, 7) is 5.48. The zero-order valence-corrected chi connectivity index (χ0v) is 11.6. The molecule has 0 fully saturated rings. The summed E-state index contributed by atoms with van der Waals surface area (Å²) < 4.78 is 11.3. The second-order valence-electron chi connectivity index (χ2n) is 3.59. The molecule has 0 bridgehead atoms. The van der Waals surface area contributed by atoms with Gasteiger partial charge in [0.25, 0.3) is 0 Å². The summed E-state index contributed by atoms with van der Waals surface area (Å²) in [5, 5.41) is 0. The molecular weight excluding hydrogens is 260 g/mol. The maximum atomic E-state index is 11.9. The molecule has 0 amide bonds. The van der Waals surface area contributed by atoms with Crippen LogP contribution in [0.2, 0.25) is 4.34 Å². The number of halogens is 1. The molecule has 0 aliphatic heterocycles. The molecule has 0 aromatic carbocycles. The highest BCUT2D eigenvalue weighted by molar-refractivity contribution is 7.18. The first-order valence-corrected chi connectivity index (χ1v) is 6.83. The van der Waals surface area contributed by atoms with Crippen molar-refractivity contribution in [3.8, 4) is 0 Å². The van der Waals surface area contributed by atoms with E-state index in [0.29, 0.717) is 22.4 Å². The van der Waals surface area contributed by atoms with E-state index in [1.807, 2.05) is 6.92 Å². The van der Waals surface area contributed by atoms with Crippen LogP contribution in [0.3, 0.4) is 0 Å². The van der Waals surface area contributed by atoms with Gasteiger partial charge in [-0.15, -0.1) is 11.3 Å². The Kier molecular flexibility index (Phi) is 6.73. The summed E-state index contributed by atoms with van der Waals surface area (Å²) in [6, 6.07) is 3.44. The number of hydrogen-bond donors (Lipinski definition) is 0. The van der Waals surface area contributed by atoms with Crippen molar-refractivity contribution in [1.82, 2.24) is 0 Å².